The van der Waals surface area contributed by atoms with E-state index in [1.54, 1.807) is 0 Å². The van der Waals surface area contributed by atoms with E-state index in [-0.39, 0.29) is 5.41 Å². The minimum Gasteiger partial charge on any atom is -0.123 e. The summed E-state index contributed by atoms with van der Waals surface area (Å²) in [6.45, 7) is 6.91. The van der Waals surface area contributed by atoms with Gasteiger partial charge in [-0.1, -0.05) is 26.7 Å². The lowest BCUT2D eigenvalue weighted by atomic mass is 9.79. The van der Waals surface area contributed by atoms with Crippen molar-refractivity contribution < 1.29 is 0 Å². The monoisotopic (exact) mass is 216 g/mol. The second kappa shape index (κ2) is 3.61. The Morgan fingerprint density at radius 1 is 1.47 bits per heavy atom. The first-order chi connectivity index (χ1) is 7.03. The molecule has 0 nitrogen and oxygen atoms in total. The third-order valence-electron chi connectivity index (χ3n) is 3.00. The van der Waals surface area contributed by atoms with E-state index >= 15 is 0 Å². The molecule has 0 aromatic heterocycles. The molecule has 0 saturated heterocycles. The first-order valence-corrected chi connectivity index (χ1v) is 6.19. The van der Waals surface area contributed by atoms with Crippen LogP contribution in [-0.4, -0.2) is 5.25 Å². The average Bonchev–Trinajstić information content (AvgIpc) is 2.16. The Kier molecular flexibility index (Phi) is 2.56. The van der Waals surface area contributed by atoms with Crippen molar-refractivity contribution in [2.75, 3.05) is 0 Å². The van der Waals surface area contributed by atoms with Crippen molar-refractivity contribution >= 4 is 11.8 Å². The molecule has 1 aliphatic heterocycles. The number of rotatable bonds is 0. The van der Waals surface area contributed by atoms with Crippen LogP contribution in [0.15, 0.2) is 23.1 Å². The maximum absolute atomic E-state index is 5.44. The minimum absolute atomic E-state index is 0.257. The molecule has 2 rings (SSSR count). The highest BCUT2D eigenvalue weighted by Crippen LogP contribution is 2.45. The largest absolute Gasteiger partial charge is 0.123 e. The maximum atomic E-state index is 5.44. The lowest BCUT2D eigenvalue weighted by Gasteiger charge is -2.35. The fourth-order valence-corrected chi connectivity index (χ4v) is 3.88. The number of thioether (sulfide) groups is 1. The summed E-state index contributed by atoms with van der Waals surface area (Å²) in [6, 6.07) is 6.39. The van der Waals surface area contributed by atoms with Crippen LogP contribution in [0.2, 0.25) is 0 Å². The van der Waals surface area contributed by atoms with Gasteiger partial charge in [0.15, 0.2) is 0 Å². The predicted octanol–water partition coefficient (Wildman–Crippen LogP) is 3.83. The van der Waals surface area contributed by atoms with Gasteiger partial charge < -0.3 is 0 Å². The maximum Gasteiger partial charge on any atom is 0.0246 e. The zero-order valence-corrected chi connectivity index (χ0v) is 10.3. The van der Waals surface area contributed by atoms with Gasteiger partial charge in [0.1, 0.15) is 0 Å². The number of benzene rings is 1. The van der Waals surface area contributed by atoms with Crippen LogP contribution in [0.1, 0.15) is 38.3 Å². The summed E-state index contributed by atoms with van der Waals surface area (Å²) >= 11 is 1.96. The summed E-state index contributed by atoms with van der Waals surface area (Å²) in [4.78, 5) is 1.40. The van der Waals surface area contributed by atoms with E-state index < -0.39 is 0 Å². The van der Waals surface area contributed by atoms with Crippen molar-refractivity contribution in [3.05, 3.63) is 29.3 Å². The second-order valence-electron chi connectivity index (χ2n) is 4.87. The molecule has 0 radical (unpaired) electrons. The predicted molar refractivity (Wildman–Crippen MR) is 67.3 cm³/mol. The molecule has 15 heavy (non-hydrogen) atoms. The summed E-state index contributed by atoms with van der Waals surface area (Å²) in [5, 5.41) is 0.698. The van der Waals surface area contributed by atoms with Gasteiger partial charge >= 0.3 is 0 Å². The Balaban J connectivity index is 2.54. The molecule has 0 amide bonds. The normalized spacial score (nSPS) is 22.9. The van der Waals surface area contributed by atoms with Gasteiger partial charge in [-0.2, -0.15) is 0 Å². The highest BCUT2D eigenvalue weighted by molar-refractivity contribution is 8.00. The molecule has 0 fully saturated rings. The molecule has 1 aromatic rings. The SMILES string of the molecule is C#Cc1ccc2c(c1)C(C)(C)CC(C)S2. The molecule has 0 spiro atoms. The van der Waals surface area contributed by atoms with Gasteiger partial charge in [0.25, 0.3) is 0 Å². The number of hydrogen-bond donors (Lipinski definition) is 0. The summed E-state index contributed by atoms with van der Waals surface area (Å²) in [5.74, 6) is 2.72. The smallest absolute Gasteiger partial charge is 0.0246 e. The molecular formula is C14H16S. The van der Waals surface area contributed by atoms with Gasteiger partial charge in [0, 0.05) is 15.7 Å². The first-order valence-electron chi connectivity index (χ1n) is 5.31. The fourth-order valence-electron chi connectivity index (χ4n) is 2.34. The van der Waals surface area contributed by atoms with Crippen LogP contribution in [0.25, 0.3) is 0 Å². The van der Waals surface area contributed by atoms with E-state index in [1.165, 1.54) is 16.9 Å². The van der Waals surface area contributed by atoms with E-state index in [0.29, 0.717) is 5.25 Å². The van der Waals surface area contributed by atoms with E-state index in [4.69, 9.17) is 6.42 Å². The molecule has 0 aliphatic carbocycles. The Morgan fingerprint density at radius 3 is 2.87 bits per heavy atom. The third-order valence-corrected chi connectivity index (χ3v) is 4.18. The third kappa shape index (κ3) is 1.92. The van der Waals surface area contributed by atoms with E-state index in [2.05, 4.69) is 38.8 Å². The van der Waals surface area contributed by atoms with Crippen LogP contribution >= 0.6 is 11.8 Å². The molecule has 0 saturated carbocycles. The van der Waals surface area contributed by atoms with Crippen molar-refractivity contribution in [1.29, 1.82) is 0 Å². The topological polar surface area (TPSA) is 0 Å². The van der Waals surface area contributed by atoms with Crippen LogP contribution < -0.4 is 0 Å². The molecule has 0 bridgehead atoms. The Labute approximate surface area is 96.5 Å². The molecule has 1 aromatic carbocycles. The van der Waals surface area contributed by atoms with Crippen LogP contribution in [-0.2, 0) is 5.41 Å². The summed E-state index contributed by atoms with van der Waals surface area (Å²) in [5.41, 5.74) is 2.67. The lowest BCUT2D eigenvalue weighted by molar-refractivity contribution is 0.462. The molecule has 1 heterocycles. The van der Waals surface area contributed by atoms with Crippen molar-refractivity contribution in [3.63, 3.8) is 0 Å². The van der Waals surface area contributed by atoms with Gasteiger partial charge in [-0.3, -0.25) is 0 Å². The second-order valence-corrected chi connectivity index (χ2v) is 6.35. The standard InChI is InChI=1S/C14H16S/c1-5-11-6-7-13-12(8-11)14(3,4)9-10(2)15-13/h1,6-8,10H,9H2,2-4H3. The first kappa shape index (κ1) is 10.6. The number of terminal acetylenes is 1. The molecule has 1 heteroatoms. The van der Waals surface area contributed by atoms with Crippen LogP contribution in [0.4, 0.5) is 0 Å². The van der Waals surface area contributed by atoms with Gasteiger partial charge in [-0.15, -0.1) is 18.2 Å². The lowest BCUT2D eigenvalue weighted by Crippen LogP contribution is -2.26. The summed E-state index contributed by atoms with van der Waals surface area (Å²) in [7, 11) is 0. The zero-order chi connectivity index (χ0) is 11.1. The number of fused-ring (bicyclic) bond motifs is 1. The Hall–Kier alpha value is -0.870. The van der Waals surface area contributed by atoms with Crippen molar-refractivity contribution in [2.24, 2.45) is 0 Å². The van der Waals surface area contributed by atoms with Crippen molar-refractivity contribution in [1.82, 2.24) is 0 Å². The van der Waals surface area contributed by atoms with E-state index in [1.807, 2.05) is 17.8 Å². The molecular weight excluding hydrogens is 200 g/mol. The molecule has 0 N–H and O–H groups in total. The van der Waals surface area contributed by atoms with Gasteiger partial charge in [0.2, 0.25) is 0 Å². The highest BCUT2D eigenvalue weighted by atomic mass is 32.2. The highest BCUT2D eigenvalue weighted by Gasteiger charge is 2.31. The van der Waals surface area contributed by atoms with Crippen LogP contribution in [0.3, 0.4) is 0 Å². The van der Waals surface area contributed by atoms with Gasteiger partial charge in [0.05, 0.1) is 0 Å². The average molecular weight is 216 g/mol. The summed E-state index contributed by atoms with van der Waals surface area (Å²) < 4.78 is 0. The van der Waals surface area contributed by atoms with Crippen LogP contribution in [0.5, 0.6) is 0 Å². The van der Waals surface area contributed by atoms with Gasteiger partial charge in [-0.05, 0) is 35.6 Å². The van der Waals surface area contributed by atoms with Crippen molar-refractivity contribution in [2.45, 2.75) is 42.8 Å². The fraction of sp³-hybridized carbons (Fsp3) is 0.429. The molecule has 1 unspecified atom stereocenters. The summed E-state index contributed by atoms with van der Waals surface area (Å²) in [6.07, 6.45) is 6.66. The quantitative estimate of drug-likeness (QED) is 0.594. The molecule has 1 atom stereocenters. The van der Waals surface area contributed by atoms with E-state index in [0.717, 1.165) is 5.56 Å². The minimum atomic E-state index is 0.257. The molecule has 1 aliphatic rings. The Bertz CT molecular complexity index is 423. The molecule has 78 valence electrons. The zero-order valence-electron chi connectivity index (χ0n) is 9.50. The van der Waals surface area contributed by atoms with E-state index in [9.17, 15) is 0 Å². The van der Waals surface area contributed by atoms with Crippen LogP contribution in [0, 0.1) is 12.3 Å². The Morgan fingerprint density at radius 2 is 2.20 bits per heavy atom. The van der Waals surface area contributed by atoms with Gasteiger partial charge in [-0.25, -0.2) is 0 Å². The number of hydrogen-bond acceptors (Lipinski definition) is 1. The van der Waals surface area contributed by atoms with Crippen molar-refractivity contribution in [3.8, 4) is 12.3 Å².